The Morgan fingerprint density at radius 3 is 1.42 bits per heavy atom. The van der Waals surface area contributed by atoms with E-state index in [1.807, 2.05) is 0 Å². The summed E-state index contributed by atoms with van der Waals surface area (Å²) in [6.07, 6.45) is -13.0. The monoisotopic (exact) mass is 304 g/mol. The molecule has 10 heteroatoms. The molecular formula is C9H9F9O. The highest BCUT2D eigenvalue weighted by Gasteiger charge is 2.76. The highest BCUT2D eigenvalue weighted by atomic mass is 19.4. The summed E-state index contributed by atoms with van der Waals surface area (Å²) in [5, 5.41) is 0. The van der Waals surface area contributed by atoms with Crippen molar-refractivity contribution in [2.75, 3.05) is 0 Å². The minimum absolute atomic E-state index is 0.964. The van der Waals surface area contributed by atoms with Crippen molar-refractivity contribution in [3.63, 3.8) is 0 Å². The molecule has 19 heavy (non-hydrogen) atoms. The highest BCUT2D eigenvalue weighted by molar-refractivity contribution is 5.04. The van der Waals surface area contributed by atoms with Gasteiger partial charge in [0, 0.05) is 5.41 Å². The van der Waals surface area contributed by atoms with Gasteiger partial charge >= 0.3 is 24.2 Å². The fourth-order valence-corrected chi connectivity index (χ4v) is 0.681. The van der Waals surface area contributed by atoms with Gasteiger partial charge in [-0.15, -0.1) is 0 Å². The van der Waals surface area contributed by atoms with Crippen molar-refractivity contribution in [2.24, 2.45) is 5.41 Å². The smallest absolute Gasteiger partial charge is 0.399 e. The number of hydrogen-bond donors (Lipinski definition) is 0. The van der Waals surface area contributed by atoms with E-state index in [2.05, 4.69) is 4.74 Å². The van der Waals surface area contributed by atoms with Crippen molar-refractivity contribution in [1.82, 2.24) is 0 Å². The highest BCUT2D eigenvalue weighted by Crippen LogP contribution is 2.48. The summed E-state index contributed by atoms with van der Waals surface area (Å²) in [7, 11) is 0. The molecule has 0 aliphatic carbocycles. The Bertz CT molecular complexity index is 361. The summed E-state index contributed by atoms with van der Waals surface area (Å²) in [6.45, 7) is 2.89. The van der Waals surface area contributed by atoms with Gasteiger partial charge in [-0.25, -0.2) is 4.39 Å². The maximum atomic E-state index is 13.0. The summed E-state index contributed by atoms with van der Waals surface area (Å²) in [5.41, 5.74) is -1.74. The Kier molecular flexibility index (Phi) is 4.51. The summed E-state index contributed by atoms with van der Waals surface area (Å²) < 4.78 is 113. The van der Waals surface area contributed by atoms with Gasteiger partial charge in [-0.1, -0.05) is 20.8 Å². The van der Waals surface area contributed by atoms with Gasteiger partial charge in [0.25, 0.3) is 0 Å². The first-order valence-electron chi connectivity index (χ1n) is 4.61. The molecule has 0 bridgehead atoms. The van der Waals surface area contributed by atoms with Crippen molar-refractivity contribution in [3.8, 4) is 0 Å². The first kappa shape index (κ1) is 17.9. The zero-order chi connectivity index (χ0) is 15.9. The quantitative estimate of drug-likeness (QED) is 0.529. The molecular weight excluding hydrogens is 295 g/mol. The van der Waals surface area contributed by atoms with Crippen LogP contribution in [-0.2, 0) is 4.74 Å². The zero-order valence-electron chi connectivity index (χ0n) is 9.81. The predicted octanol–water partition coefficient (Wildman–Crippen LogP) is 4.95. The first-order valence-corrected chi connectivity index (χ1v) is 4.61. The third kappa shape index (κ3) is 3.69. The summed E-state index contributed by atoms with van der Waals surface area (Å²) >= 11 is 0. The van der Waals surface area contributed by atoms with E-state index in [0.717, 1.165) is 20.8 Å². The van der Waals surface area contributed by atoms with E-state index < -0.39 is 35.5 Å². The molecule has 1 nitrogen and oxygen atoms in total. The molecule has 0 heterocycles. The van der Waals surface area contributed by atoms with E-state index in [-0.39, 0.29) is 0 Å². The molecule has 0 atom stereocenters. The third-order valence-corrected chi connectivity index (χ3v) is 1.77. The molecule has 0 spiro atoms. The maximum Gasteiger partial charge on any atom is 0.476 e. The van der Waals surface area contributed by atoms with Crippen LogP contribution in [-0.4, -0.2) is 18.2 Å². The van der Waals surface area contributed by atoms with Crippen LogP contribution in [0.25, 0.3) is 0 Å². The standard InChI is InChI=1S/C9H9F9O/c1-6(2,3)4(10)5(11)19-9(17,18)7(12,13)8(14,15)16/h1-3H3/b5-4-. The number of rotatable bonds is 3. The first-order chi connectivity index (χ1) is 8.04. The number of allylic oxidation sites excluding steroid dienone is 1. The zero-order valence-corrected chi connectivity index (χ0v) is 9.81. The molecule has 0 amide bonds. The molecule has 0 aliphatic rings. The molecule has 0 rings (SSSR count). The summed E-state index contributed by atoms with van der Waals surface area (Å²) in [4.78, 5) is 0. The SMILES string of the molecule is CC(C)(C)/C(F)=C(\F)OC(F)(F)C(F)(F)C(F)(F)F. The van der Waals surface area contributed by atoms with Crippen molar-refractivity contribution >= 4 is 0 Å². The minimum Gasteiger partial charge on any atom is -0.399 e. The van der Waals surface area contributed by atoms with E-state index in [4.69, 9.17) is 0 Å². The molecule has 0 N–H and O–H groups in total. The van der Waals surface area contributed by atoms with Gasteiger partial charge in [-0.05, 0) is 0 Å². The van der Waals surface area contributed by atoms with Crippen LogP contribution in [0.15, 0.2) is 11.8 Å². The van der Waals surface area contributed by atoms with E-state index in [1.165, 1.54) is 0 Å². The third-order valence-electron chi connectivity index (χ3n) is 1.77. The fourth-order valence-electron chi connectivity index (χ4n) is 0.681. The number of hydrogen-bond acceptors (Lipinski definition) is 1. The number of alkyl halides is 7. The van der Waals surface area contributed by atoms with Gasteiger partial charge in [0.1, 0.15) is 0 Å². The van der Waals surface area contributed by atoms with Crippen LogP contribution in [0.2, 0.25) is 0 Å². The second-order valence-electron chi connectivity index (χ2n) is 4.53. The lowest BCUT2D eigenvalue weighted by atomic mass is 9.95. The molecule has 0 aromatic rings. The molecule has 114 valence electrons. The van der Waals surface area contributed by atoms with Crippen LogP contribution >= 0.6 is 0 Å². The minimum atomic E-state index is -6.69. The number of halogens is 9. The maximum absolute atomic E-state index is 13.0. The van der Waals surface area contributed by atoms with Crippen LogP contribution < -0.4 is 0 Å². The average Bonchev–Trinajstić information content (AvgIpc) is 2.12. The van der Waals surface area contributed by atoms with E-state index in [0.29, 0.717) is 0 Å². The lowest BCUT2D eigenvalue weighted by molar-refractivity contribution is -0.419. The largest absolute Gasteiger partial charge is 0.476 e. The second-order valence-corrected chi connectivity index (χ2v) is 4.53. The van der Waals surface area contributed by atoms with Gasteiger partial charge in [0.2, 0.25) is 0 Å². The van der Waals surface area contributed by atoms with E-state index in [9.17, 15) is 39.5 Å². The summed E-state index contributed by atoms with van der Waals surface area (Å²) in [5.74, 6) is -8.69. The van der Waals surface area contributed by atoms with Crippen LogP contribution in [0.3, 0.4) is 0 Å². The van der Waals surface area contributed by atoms with Crippen molar-refractivity contribution < 1.29 is 44.3 Å². The Balaban J connectivity index is 5.41. The van der Waals surface area contributed by atoms with E-state index in [1.54, 1.807) is 0 Å². The molecule has 0 aromatic carbocycles. The average molecular weight is 304 g/mol. The molecule has 0 saturated heterocycles. The Morgan fingerprint density at radius 2 is 1.16 bits per heavy atom. The topological polar surface area (TPSA) is 9.23 Å². The van der Waals surface area contributed by atoms with Crippen molar-refractivity contribution in [3.05, 3.63) is 11.8 Å². The lowest BCUT2D eigenvalue weighted by Gasteiger charge is -2.27. The van der Waals surface area contributed by atoms with Crippen LogP contribution in [0.1, 0.15) is 20.8 Å². The lowest BCUT2D eigenvalue weighted by Crippen LogP contribution is -2.53. The van der Waals surface area contributed by atoms with Gasteiger partial charge < -0.3 is 4.74 Å². The van der Waals surface area contributed by atoms with Gasteiger partial charge in [-0.2, -0.15) is 35.1 Å². The number of ether oxygens (including phenoxy) is 1. The Labute approximate surface area is 102 Å². The molecule has 0 aliphatic heterocycles. The van der Waals surface area contributed by atoms with Gasteiger partial charge in [0.05, 0.1) is 0 Å². The predicted molar refractivity (Wildman–Crippen MR) is 45.7 cm³/mol. The van der Waals surface area contributed by atoms with Crippen LogP contribution in [0.5, 0.6) is 0 Å². The molecule has 0 unspecified atom stereocenters. The molecule has 0 radical (unpaired) electrons. The van der Waals surface area contributed by atoms with Crippen molar-refractivity contribution in [1.29, 1.82) is 0 Å². The molecule has 0 fully saturated rings. The van der Waals surface area contributed by atoms with E-state index >= 15 is 0 Å². The van der Waals surface area contributed by atoms with Crippen LogP contribution in [0.4, 0.5) is 39.5 Å². The van der Waals surface area contributed by atoms with Gasteiger partial charge in [0.15, 0.2) is 5.83 Å². The van der Waals surface area contributed by atoms with Crippen molar-refractivity contribution in [2.45, 2.75) is 39.0 Å². The molecule has 0 saturated carbocycles. The van der Waals surface area contributed by atoms with Gasteiger partial charge in [-0.3, -0.25) is 0 Å². The Hall–Kier alpha value is -1.09. The second kappa shape index (κ2) is 4.78. The summed E-state index contributed by atoms with van der Waals surface area (Å²) in [6, 6.07) is -2.83. The molecule has 0 aromatic heterocycles. The van der Waals surface area contributed by atoms with Crippen LogP contribution in [0, 0.1) is 5.41 Å². The Morgan fingerprint density at radius 1 is 0.789 bits per heavy atom. The fraction of sp³-hybridized carbons (Fsp3) is 0.778. The normalized spacial score (nSPS) is 16.2.